The van der Waals surface area contributed by atoms with E-state index < -0.39 is 16.8 Å². The largest absolute Gasteiger partial charge is 0.299 e. The van der Waals surface area contributed by atoms with Crippen molar-refractivity contribution in [2.45, 2.75) is 19.8 Å². The summed E-state index contributed by atoms with van der Waals surface area (Å²) in [7, 11) is 0. The minimum absolute atomic E-state index is 0.0328. The van der Waals surface area contributed by atoms with Gasteiger partial charge < -0.3 is 0 Å². The molecule has 27 heavy (non-hydrogen) atoms. The fourth-order valence-electron chi connectivity index (χ4n) is 4.04. The van der Waals surface area contributed by atoms with Gasteiger partial charge in [-0.15, -0.1) is 0 Å². The van der Waals surface area contributed by atoms with E-state index in [0.717, 1.165) is 5.56 Å². The van der Waals surface area contributed by atoms with Gasteiger partial charge in [0.05, 0.1) is 16.5 Å². The Morgan fingerprint density at radius 2 is 1.70 bits per heavy atom. The number of allylic oxidation sites excluding steroid dienone is 1. The Labute approximate surface area is 155 Å². The summed E-state index contributed by atoms with van der Waals surface area (Å²) < 4.78 is 0. The highest BCUT2D eigenvalue weighted by Crippen LogP contribution is 2.48. The predicted octanol–water partition coefficient (Wildman–Crippen LogP) is 3.97. The topological polar surface area (TPSA) is 89.6 Å². The van der Waals surface area contributed by atoms with Crippen molar-refractivity contribution in [3.05, 3.63) is 80.9 Å². The summed E-state index contributed by atoms with van der Waals surface area (Å²) in [6.45, 7) is 3.28. The van der Waals surface area contributed by atoms with E-state index in [9.17, 15) is 19.7 Å². The molecule has 0 amide bonds. The van der Waals surface area contributed by atoms with Crippen molar-refractivity contribution in [2.24, 2.45) is 10.9 Å². The Morgan fingerprint density at radius 3 is 2.30 bits per heavy atom. The van der Waals surface area contributed by atoms with Gasteiger partial charge in [-0.25, -0.2) is 0 Å². The van der Waals surface area contributed by atoms with Crippen LogP contribution in [0.4, 0.5) is 5.69 Å². The molecule has 0 bridgehead atoms. The lowest BCUT2D eigenvalue weighted by atomic mass is 9.73. The number of ketones is 2. The lowest BCUT2D eigenvalue weighted by Gasteiger charge is -2.30. The summed E-state index contributed by atoms with van der Waals surface area (Å²) in [5.41, 5.74) is 3.76. The van der Waals surface area contributed by atoms with Gasteiger partial charge in [0, 0.05) is 40.5 Å². The first-order valence-electron chi connectivity index (χ1n) is 8.58. The number of nitrogens with zero attached hydrogens (tertiary/aromatic N) is 2. The number of rotatable bonds is 3. The Bertz CT molecular complexity index is 1060. The van der Waals surface area contributed by atoms with Crippen LogP contribution in [-0.4, -0.2) is 22.2 Å². The van der Waals surface area contributed by atoms with Crippen LogP contribution < -0.4 is 0 Å². The van der Waals surface area contributed by atoms with Crippen LogP contribution in [0.25, 0.3) is 5.70 Å². The Hall–Kier alpha value is -3.41. The molecule has 2 aliphatic rings. The third-order valence-corrected chi connectivity index (χ3v) is 5.21. The van der Waals surface area contributed by atoms with Crippen LogP contribution in [0.3, 0.4) is 0 Å². The lowest BCUT2D eigenvalue weighted by Crippen LogP contribution is -2.32. The van der Waals surface area contributed by atoms with Gasteiger partial charge in [0.15, 0.2) is 5.78 Å². The highest BCUT2D eigenvalue weighted by Gasteiger charge is 2.44. The molecule has 2 aromatic carbocycles. The second-order valence-electron chi connectivity index (χ2n) is 6.80. The van der Waals surface area contributed by atoms with Gasteiger partial charge >= 0.3 is 0 Å². The molecule has 6 nitrogen and oxygen atoms in total. The molecule has 0 N–H and O–H groups in total. The number of benzene rings is 2. The van der Waals surface area contributed by atoms with Crippen LogP contribution in [0.1, 0.15) is 41.3 Å². The van der Waals surface area contributed by atoms with Crippen LogP contribution in [0.2, 0.25) is 0 Å². The van der Waals surface area contributed by atoms with Gasteiger partial charge in [0.2, 0.25) is 0 Å². The van der Waals surface area contributed by atoms with E-state index >= 15 is 0 Å². The van der Waals surface area contributed by atoms with Crippen molar-refractivity contribution >= 4 is 28.7 Å². The number of fused-ring (bicyclic) bond motifs is 2. The van der Waals surface area contributed by atoms with E-state index in [4.69, 9.17) is 0 Å². The van der Waals surface area contributed by atoms with E-state index in [-0.39, 0.29) is 17.3 Å². The molecule has 0 fully saturated rings. The molecular weight excluding hydrogens is 344 g/mol. The second kappa shape index (κ2) is 6.09. The molecule has 4 rings (SSSR count). The SMILES string of the molecule is CC(=O)C1C(C)=NC2=C(C(=O)c3ccccc32)[C@H]1c1ccc([N+](=O)[O-])cc1. The quantitative estimate of drug-likeness (QED) is 0.612. The van der Waals surface area contributed by atoms with E-state index in [1.165, 1.54) is 19.1 Å². The summed E-state index contributed by atoms with van der Waals surface area (Å²) in [5.74, 6) is -1.29. The molecule has 6 heteroatoms. The first-order chi connectivity index (χ1) is 12.9. The van der Waals surface area contributed by atoms with Crippen molar-refractivity contribution in [3.8, 4) is 0 Å². The van der Waals surface area contributed by atoms with Crippen LogP contribution in [0, 0.1) is 16.0 Å². The molecule has 2 atom stereocenters. The van der Waals surface area contributed by atoms with Gasteiger partial charge in [-0.1, -0.05) is 36.4 Å². The highest BCUT2D eigenvalue weighted by molar-refractivity contribution is 6.25. The molecule has 1 unspecified atom stereocenters. The van der Waals surface area contributed by atoms with Crippen LogP contribution >= 0.6 is 0 Å². The number of carbonyl (C=O) groups excluding carboxylic acids is 2. The Balaban J connectivity index is 1.92. The van der Waals surface area contributed by atoms with Gasteiger partial charge in [0.25, 0.3) is 5.69 Å². The van der Waals surface area contributed by atoms with Crippen LogP contribution in [-0.2, 0) is 4.79 Å². The monoisotopic (exact) mass is 360 g/mol. The summed E-state index contributed by atoms with van der Waals surface area (Å²) in [5, 5.41) is 11.0. The number of hydrogen-bond donors (Lipinski definition) is 0. The third kappa shape index (κ3) is 2.52. The van der Waals surface area contributed by atoms with Crippen molar-refractivity contribution in [1.82, 2.24) is 0 Å². The van der Waals surface area contributed by atoms with E-state index in [2.05, 4.69) is 4.99 Å². The smallest absolute Gasteiger partial charge is 0.269 e. The number of nitro benzene ring substituents is 1. The molecule has 0 spiro atoms. The van der Waals surface area contributed by atoms with E-state index in [0.29, 0.717) is 28.1 Å². The van der Waals surface area contributed by atoms with Crippen molar-refractivity contribution in [3.63, 3.8) is 0 Å². The molecule has 0 aromatic heterocycles. The zero-order chi connectivity index (χ0) is 19.3. The summed E-state index contributed by atoms with van der Waals surface area (Å²) in [6.07, 6.45) is 0. The predicted molar refractivity (Wildman–Crippen MR) is 101 cm³/mol. The van der Waals surface area contributed by atoms with Crippen molar-refractivity contribution < 1.29 is 14.5 Å². The number of nitro groups is 1. The summed E-state index contributed by atoms with van der Waals surface area (Å²) in [6, 6.07) is 13.3. The standard InChI is InChI=1S/C21H16N2O4/c1-11-17(12(2)24)18(13-7-9-14(10-8-13)23(26)27)19-20(22-11)15-5-3-4-6-16(15)21(19)25/h3-10,17-18H,1-2H3/t17?,18-/m0/s1. The average Bonchev–Trinajstić information content (AvgIpc) is 2.93. The number of non-ortho nitro benzene ring substituents is 1. The third-order valence-electron chi connectivity index (χ3n) is 5.21. The number of aliphatic imine (C=N–C) groups is 1. The molecular formula is C21H16N2O4. The first-order valence-corrected chi connectivity index (χ1v) is 8.58. The molecule has 134 valence electrons. The van der Waals surface area contributed by atoms with Crippen molar-refractivity contribution in [2.75, 3.05) is 0 Å². The summed E-state index contributed by atoms with van der Waals surface area (Å²) >= 11 is 0. The Morgan fingerprint density at radius 1 is 1.07 bits per heavy atom. The average molecular weight is 360 g/mol. The second-order valence-corrected chi connectivity index (χ2v) is 6.80. The summed E-state index contributed by atoms with van der Waals surface area (Å²) in [4.78, 5) is 40.6. The molecule has 1 heterocycles. The van der Waals surface area contributed by atoms with Gasteiger partial charge in [-0.2, -0.15) is 0 Å². The maximum absolute atomic E-state index is 13.1. The fourth-order valence-corrected chi connectivity index (χ4v) is 4.04. The fraction of sp³-hybridized carbons (Fsp3) is 0.190. The number of Topliss-reactive ketones (excluding diaryl/α,β-unsaturated/α-hetero) is 2. The molecule has 1 aliphatic heterocycles. The van der Waals surface area contributed by atoms with Crippen LogP contribution in [0.15, 0.2) is 59.1 Å². The van der Waals surface area contributed by atoms with Crippen molar-refractivity contribution in [1.29, 1.82) is 0 Å². The molecule has 1 aliphatic carbocycles. The molecule has 0 saturated carbocycles. The highest BCUT2D eigenvalue weighted by atomic mass is 16.6. The van der Waals surface area contributed by atoms with Gasteiger partial charge in [-0.3, -0.25) is 24.7 Å². The lowest BCUT2D eigenvalue weighted by molar-refractivity contribution is -0.384. The van der Waals surface area contributed by atoms with Gasteiger partial charge in [0.1, 0.15) is 5.78 Å². The van der Waals surface area contributed by atoms with Crippen LogP contribution in [0.5, 0.6) is 0 Å². The molecule has 2 aromatic rings. The van der Waals surface area contributed by atoms with E-state index in [1.807, 2.05) is 12.1 Å². The first kappa shape index (κ1) is 17.0. The molecule has 0 radical (unpaired) electrons. The van der Waals surface area contributed by atoms with Gasteiger partial charge in [-0.05, 0) is 19.4 Å². The molecule has 0 saturated heterocycles. The zero-order valence-electron chi connectivity index (χ0n) is 14.8. The number of hydrogen-bond acceptors (Lipinski definition) is 5. The normalized spacial score (nSPS) is 20.8. The maximum atomic E-state index is 13.1. The zero-order valence-corrected chi connectivity index (χ0v) is 14.8. The maximum Gasteiger partial charge on any atom is 0.269 e. The number of carbonyl (C=O) groups is 2. The minimum Gasteiger partial charge on any atom is -0.299 e. The van der Waals surface area contributed by atoms with E-state index in [1.54, 1.807) is 31.2 Å². The minimum atomic E-state index is -0.566. The Kier molecular flexibility index (Phi) is 3.84.